The lowest BCUT2D eigenvalue weighted by Crippen LogP contribution is -2.30. The molecule has 0 aliphatic carbocycles. The molecule has 1 aromatic rings. The highest BCUT2D eigenvalue weighted by Gasteiger charge is 2.33. The quantitative estimate of drug-likeness (QED) is 0.851. The minimum atomic E-state index is -0.314. The van der Waals surface area contributed by atoms with Crippen molar-refractivity contribution in [2.45, 2.75) is 6.10 Å². The zero-order valence-corrected chi connectivity index (χ0v) is 9.76. The van der Waals surface area contributed by atoms with Crippen molar-refractivity contribution in [1.29, 1.82) is 0 Å². The van der Waals surface area contributed by atoms with Crippen molar-refractivity contribution in [3.05, 3.63) is 29.8 Å². The normalized spacial score (nSPS) is 19.3. The van der Waals surface area contributed by atoms with Crippen molar-refractivity contribution in [2.24, 2.45) is 5.73 Å². The second-order valence-corrected chi connectivity index (χ2v) is 3.85. The van der Waals surface area contributed by atoms with E-state index in [2.05, 4.69) is 0 Å². The molecule has 0 aromatic heterocycles. The molecule has 2 N–H and O–H groups in total. The third kappa shape index (κ3) is 2.34. The first-order chi connectivity index (χ1) is 8.26. The number of hydrogen-bond donors (Lipinski definition) is 1. The molecule has 1 unspecified atom stereocenters. The summed E-state index contributed by atoms with van der Waals surface area (Å²) in [5.74, 6) is 0.736. The molecule has 5 heteroatoms. The number of nitrogens with zero attached hydrogens (tertiary/aromatic N) is 1. The molecule has 0 spiro atoms. The van der Waals surface area contributed by atoms with Crippen molar-refractivity contribution in [2.75, 3.05) is 26.7 Å². The average Bonchev–Trinajstić information content (AvgIpc) is 2.71. The second kappa shape index (κ2) is 5.05. The van der Waals surface area contributed by atoms with E-state index < -0.39 is 0 Å². The van der Waals surface area contributed by atoms with Gasteiger partial charge in [-0.2, -0.15) is 0 Å². The van der Waals surface area contributed by atoms with Gasteiger partial charge in [0.15, 0.2) is 0 Å². The van der Waals surface area contributed by atoms with Crippen molar-refractivity contribution >= 4 is 6.09 Å². The van der Waals surface area contributed by atoms with E-state index in [-0.39, 0.29) is 12.2 Å². The molecule has 1 atom stereocenters. The summed E-state index contributed by atoms with van der Waals surface area (Å²) in [6.45, 7) is 1.48. The minimum Gasteiger partial charge on any atom is -0.496 e. The monoisotopic (exact) mass is 236 g/mol. The number of methoxy groups -OCH3 is 1. The van der Waals surface area contributed by atoms with E-state index in [9.17, 15) is 4.79 Å². The van der Waals surface area contributed by atoms with E-state index in [4.69, 9.17) is 15.2 Å². The van der Waals surface area contributed by atoms with Crippen molar-refractivity contribution in [1.82, 2.24) is 4.90 Å². The maximum absolute atomic E-state index is 11.6. The summed E-state index contributed by atoms with van der Waals surface area (Å²) in [4.78, 5) is 13.2. The number of nitrogens with two attached hydrogens (primary N) is 1. The molecule has 0 bridgehead atoms. The third-order valence-corrected chi connectivity index (χ3v) is 2.77. The SMILES string of the molecule is COc1ccccc1C1CN(CCN)C(=O)O1. The number of rotatable bonds is 4. The zero-order chi connectivity index (χ0) is 12.3. The number of cyclic esters (lactones) is 1. The molecule has 2 rings (SSSR count). The Bertz CT molecular complexity index is 408. The van der Waals surface area contributed by atoms with Gasteiger partial charge in [-0.05, 0) is 6.07 Å². The first-order valence-electron chi connectivity index (χ1n) is 5.54. The summed E-state index contributed by atoms with van der Waals surface area (Å²) < 4.78 is 10.6. The molecule has 5 nitrogen and oxygen atoms in total. The second-order valence-electron chi connectivity index (χ2n) is 3.85. The highest BCUT2D eigenvalue weighted by Crippen LogP contribution is 2.32. The van der Waals surface area contributed by atoms with Gasteiger partial charge in [0.1, 0.15) is 11.9 Å². The van der Waals surface area contributed by atoms with Gasteiger partial charge in [-0.25, -0.2) is 4.79 Å². The predicted molar refractivity (Wildman–Crippen MR) is 62.8 cm³/mol. The Morgan fingerprint density at radius 3 is 3.00 bits per heavy atom. The predicted octanol–water partition coefficient (Wildman–Crippen LogP) is 1.15. The molecule has 1 aliphatic heterocycles. The topological polar surface area (TPSA) is 64.8 Å². The van der Waals surface area contributed by atoms with Crippen LogP contribution in [-0.2, 0) is 4.74 Å². The fourth-order valence-corrected chi connectivity index (χ4v) is 1.94. The number of benzene rings is 1. The fourth-order valence-electron chi connectivity index (χ4n) is 1.94. The molecule has 92 valence electrons. The standard InChI is InChI=1S/C12H16N2O3/c1-16-10-5-3-2-4-9(10)11-8-14(7-6-13)12(15)17-11/h2-5,11H,6-8,13H2,1H3. The number of ether oxygens (including phenoxy) is 2. The van der Waals surface area contributed by atoms with E-state index >= 15 is 0 Å². The molecular formula is C12H16N2O3. The van der Waals surface area contributed by atoms with E-state index in [1.807, 2.05) is 24.3 Å². The van der Waals surface area contributed by atoms with E-state index in [0.717, 1.165) is 11.3 Å². The summed E-state index contributed by atoms with van der Waals surface area (Å²) in [7, 11) is 1.60. The molecule has 0 saturated carbocycles. The molecule has 17 heavy (non-hydrogen) atoms. The highest BCUT2D eigenvalue weighted by atomic mass is 16.6. The molecule has 1 aromatic carbocycles. The van der Waals surface area contributed by atoms with Gasteiger partial charge in [-0.3, -0.25) is 0 Å². The maximum Gasteiger partial charge on any atom is 0.410 e. The van der Waals surface area contributed by atoms with Crippen molar-refractivity contribution in [3.63, 3.8) is 0 Å². The van der Waals surface area contributed by atoms with E-state index in [1.165, 1.54) is 0 Å². The van der Waals surface area contributed by atoms with Crippen LogP contribution in [0, 0.1) is 0 Å². The van der Waals surface area contributed by atoms with Gasteiger partial charge in [0.25, 0.3) is 0 Å². The zero-order valence-electron chi connectivity index (χ0n) is 9.76. The molecule has 0 radical (unpaired) electrons. The largest absolute Gasteiger partial charge is 0.496 e. The van der Waals surface area contributed by atoms with Crippen LogP contribution >= 0.6 is 0 Å². The lowest BCUT2D eigenvalue weighted by atomic mass is 10.1. The van der Waals surface area contributed by atoms with Gasteiger partial charge in [0, 0.05) is 18.7 Å². The summed E-state index contributed by atoms with van der Waals surface area (Å²) in [6.07, 6.45) is -0.587. The van der Waals surface area contributed by atoms with Crippen molar-refractivity contribution < 1.29 is 14.3 Å². The number of amides is 1. The van der Waals surface area contributed by atoms with Crippen LogP contribution < -0.4 is 10.5 Å². The van der Waals surface area contributed by atoms with E-state index in [1.54, 1.807) is 12.0 Å². The molecule has 1 heterocycles. The van der Waals surface area contributed by atoms with Gasteiger partial charge in [-0.15, -0.1) is 0 Å². The number of carbonyl (C=O) groups excluding carboxylic acids is 1. The molecular weight excluding hydrogens is 220 g/mol. The Balaban J connectivity index is 2.16. The van der Waals surface area contributed by atoms with Gasteiger partial charge < -0.3 is 20.1 Å². The first kappa shape index (κ1) is 11.7. The lowest BCUT2D eigenvalue weighted by molar-refractivity contribution is 0.132. The maximum atomic E-state index is 11.6. The minimum absolute atomic E-state index is 0.273. The van der Waals surface area contributed by atoms with Crippen LogP contribution in [0.15, 0.2) is 24.3 Å². The Kier molecular flexibility index (Phi) is 3.49. The molecule has 1 aliphatic rings. The number of carbonyl (C=O) groups is 1. The Hall–Kier alpha value is -1.75. The van der Waals surface area contributed by atoms with Crippen LogP contribution in [0.2, 0.25) is 0 Å². The summed E-state index contributed by atoms with van der Waals surface area (Å²) in [5.41, 5.74) is 6.33. The van der Waals surface area contributed by atoms with E-state index in [0.29, 0.717) is 19.6 Å². The smallest absolute Gasteiger partial charge is 0.410 e. The molecule has 1 fully saturated rings. The summed E-state index contributed by atoms with van der Waals surface area (Å²) in [6, 6.07) is 7.55. The number of para-hydroxylation sites is 1. The Morgan fingerprint density at radius 2 is 2.29 bits per heavy atom. The van der Waals surface area contributed by atoms with Crippen LogP contribution in [0.3, 0.4) is 0 Å². The van der Waals surface area contributed by atoms with Crippen LogP contribution in [0.25, 0.3) is 0 Å². The van der Waals surface area contributed by atoms with Gasteiger partial charge >= 0.3 is 6.09 Å². The van der Waals surface area contributed by atoms with Gasteiger partial charge in [0.05, 0.1) is 13.7 Å². The molecule has 1 amide bonds. The average molecular weight is 236 g/mol. The van der Waals surface area contributed by atoms with Crippen LogP contribution in [0.4, 0.5) is 4.79 Å². The fraction of sp³-hybridized carbons (Fsp3) is 0.417. The van der Waals surface area contributed by atoms with Gasteiger partial charge in [-0.1, -0.05) is 18.2 Å². The van der Waals surface area contributed by atoms with Crippen LogP contribution in [-0.4, -0.2) is 37.7 Å². The van der Waals surface area contributed by atoms with Gasteiger partial charge in [0.2, 0.25) is 0 Å². The summed E-state index contributed by atoms with van der Waals surface area (Å²) in [5, 5.41) is 0. The van der Waals surface area contributed by atoms with Crippen molar-refractivity contribution in [3.8, 4) is 5.75 Å². The summed E-state index contributed by atoms with van der Waals surface area (Å²) >= 11 is 0. The van der Waals surface area contributed by atoms with Crippen LogP contribution in [0.1, 0.15) is 11.7 Å². The first-order valence-corrected chi connectivity index (χ1v) is 5.54. The lowest BCUT2D eigenvalue weighted by Gasteiger charge is -2.13. The molecule has 1 saturated heterocycles. The van der Waals surface area contributed by atoms with Crippen LogP contribution in [0.5, 0.6) is 5.75 Å². The third-order valence-electron chi connectivity index (χ3n) is 2.77. The number of hydrogen-bond acceptors (Lipinski definition) is 4. The Labute approximate surface area is 100 Å². The highest BCUT2D eigenvalue weighted by molar-refractivity contribution is 5.70. The Morgan fingerprint density at radius 1 is 1.53 bits per heavy atom.